The van der Waals surface area contributed by atoms with Crippen molar-refractivity contribution in [2.24, 2.45) is 11.1 Å². The van der Waals surface area contributed by atoms with E-state index in [1.165, 1.54) is 16.4 Å². The number of fused-ring (bicyclic) bond motifs is 1. The number of hydrogen-bond donors (Lipinski definition) is 2. The predicted molar refractivity (Wildman–Crippen MR) is 90.0 cm³/mol. The number of nitrogens with two attached hydrogens (primary N) is 1. The molecule has 0 radical (unpaired) electrons. The van der Waals surface area contributed by atoms with E-state index in [-0.39, 0.29) is 36.8 Å². The summed E-state index contributed by atoms with van der Waals surface area (Å²) in [6, 6.07) is 4.47. The van der Waals surface area contributed by atoms with Crippen molar-refractivity contribution in [3.63, 3.8) is 0 Å². The van der Waals surface area contributed by atoms with Crippen molar-refractivity contribution >= 4 is 27.9 Å². The molecule has 3 N–H and O–H groups in total. The third kappa shape index (κ3) is 3.90. The van der Waals surface area contributed by atoms with Crippen molar-refractivity contribution in [1.82, 2.24) is 9.62 Å². The van der Waals surface area contributed by atoms with E-state index in [2.05, 4.69) is 5.32 Å². The normalized spacial score (nSPS) is 22.8. The Morgan fingerprint density at radius 2 is 2.00 bits per heavy atom. The van der Waals surface area contributed by atoms with Crippen LogP contribution < -0.4 is 10.5 Å². The van der Waals surface area contributed by atoms with Crippen LogP contribution in [0.2, 0.25) is 0 Å². The van der Waals surface area contributed by atoms with E-state index >= 15 is 0 Å². The van der Waals surface area contributed by atoms with Gasteiger partial charge in [-0.15, -0.1) is 11.8 Å². The van der Waals surface area contributed by atoms with Crippen LogP contribution in [0.25, 0.3) is 0 Å². The molecule has 2 aliphatic heterocycles. The zero-order chi connectivity index (χ0) is 17.3. The van der Waals surface area contributed by atoms with Gasteiger partial charge in [0.1, 0.15) is 5.82 Å². The number of nitrogens with one attached hydrogen (secondary N) is 1. The van der Waals surface area contributed by atoms with Gasteiger partial charge in [0.2, 0.25) is 5.91 Å². The number of nitrogens with zero attached hydrogens (tertiary/aromatic N) is 1. The molecule has 9 heteroatoms. The SMILES string of the molecule is NS(=O)(=O)N1CCC(C(=O)NC2CCSc3ccc(F)cc32)CC1. The zero-order valence-corrected chi connectivity index (χ0v) is 14.7. The minimum atomic E-state index is -3.69. The number of amides is 1. The lowest BCUT2D eigenvalue weighted by Crippen LogP contribution is -2.46. The largest absolute Gasteiger partial charge is 0.349 e. The molecule has 0 bridgehead atoms. The van der Waals surface area contributed by atoms with E-state index in [1.54, 1.807) is 17.8 Å². The second-order valence-corrected chi connectivity index (χ2v) is 8.78. The monoisotopic (exact) mass is 373 g/mol. The van der Waals surface area contributed by atoms with Gasteiger partial charge in [0, 0.05) is 29.7 Å². The number of halogens is 1. The highest BCUT2D eigenvalue weighted by Gasteiger charge is 2.31. The molecule has 3 rings (SSSR count). The maximum atomic E-state index is 13.5. The molecule has 0 spiro atoms. The zero-order valence-electron chi connectivity index (χ0n) is 13.1. The van der Waals surface area contributed by atoms with Crippen molar-refractivity contribution in [2.75, 3.05) is 18.8 Å². The average Bonchev–Trinajstić information content (AvgIpc) is 2.54. The molecule has 0 aromatic heterocycles. The van der Waals surface area contributed by atoms with E-state index in [4.69, 9.17) is 5.14 Å². The number of benzene rings is 1. The summed E-state index contributed by atoms with van der Waals surface area (Å²) in [6.07, 6.45) is 1.64. The first-order chi connectivity index (χ1) is 11.3. The molecule has 2 heterocycles. The first kappa shape index (κ1) is 17.7. The third-order valence-electron chi connectivity index (χ3n) is 4.51. The first-order valence-corrected chi connectivity index (χ1v) is 10.3. The van der Waals surface area contributed by atoms with Gasteiger partial charge >= 0.3 is 0 Å². The van der Waals surface area contributed by atoms with Crippen LogP contribution in [0.3, 0.4) is 0 Å². The molecule has 2 aliphatic rings. The molecule has 24 heavy (non-hydrogen) atoms. The fraction of sp³-hybridized carbons (Fsp3) is 0.533. The fourth-order valence-electron chi connectivity index (χ4n) is 3.18. The summed E-state index contributed by atoms with van der Waals surface area (Å²) >= 11 is 1.66. The van der Waals surface area contributed by atoms with E-state index < -0.39 is 10.2 Å². The molecular formula is C15H20FN3O3S2. The minimum absolute atomic E-state index is 0.101. The van der Waals surface area contributed by atoms with Crippen LogP contribution in [0.5, 0.6) is 0 Å². The van der Waals surface area contributed by atoms with Crippen LogP contribution in [0.15, 0.2) is 23.1 Å². The van der Waals surface area contributed by atoms with Crippen LogP contribution in [0.1, 0.15) is 30.9 Å². The highest BCUT2D eigenvalue weighted by atomic mass is 32.2. The number of thioether (sulfide) groups is 1. The van der Waals surface area contributed by atoms with Crippen LogP contribution in [-0.2, 0) is 15.0 Å². The molecular weight excluding hydrogens is 353 g/mol. The van der Waals surface area contributed by atoms with Gasteiger partial charge in [-0.25, -0.2) is 9.53 Å². The van der Waals surface area contributed by atoms with Gasteiger partial charge in [-0.3, -0.25) is 4.79 Å². The van der Waals surface area contributed by atoms with Gasteiger partial charge in [0.25, 0.3) is 10.2 Å². The molecule has 132 valence electrons. The maximum Gasteiger partial charge on any atom is 0.276 e. The number of rotatable bonds is 3. The van der Waals surface area contributed by atoms with Crippen LogP contribution in [0.4, 0.5) is 4.39 Å². The molecule has 1 unspecified atom stereocenters. The summed E-state index contributed by atoms with van der Waals surface area (Å²) < 4.78 is 37.3. The summed E-state index contributed by atoms with van der Waals surface area (Å²) in [7, 11) is -3.69. The smallest absolute Gasteiger partial charge is 0.276 e. The Morgan fingerprint density at radius 3 is 2.67 bits per heavy atom. The lowest BCUT2D eigenvalue weighted by molar-refractivity contribution is -0.126. The maximum absolute atomic E-state index is 13.5. The Labute approximate surface area is 145 Å². The lowest BCUT2D eigenvalue weighted by atomic mass is 9.95. The Hall–Kier alpha value is -1.16. The van der Waals surface area contributed by atoms with E-state index in [9.17, 15) is 17.6 Å². The van der Waals surface area contributed by atoms with Gasteiger partial charge in [-0.05, 0) is 43.0 Å². The predicted octanol–water partition coefficient (Wildman–Crippen LogP) is 1.39. The molecule has 1 atom stereocenters. The summed E-state index contributed by atoms with van der Waals surface area (Å²) in [4.78, 5) is 13.5. The van der Waals surface area contributed by atoms with Crippen molar-refractivity contribution in [3.8, 4) is 0 Å². The van der Waals surface area contributed by atoms with Crippen molar-refractivity contribution in [3.05, 3.63) is 29.6 Å². The Morgan fingerprint density at radius 1 is 1.29 bits per heavy atom. The van der Waals surface area contributed by atoms with Crippen molar-refractivity contribution in [2.45, 2.75) is 30.2 Å². The van der Waals surface area contributed by atoms with E-state index in [0.717, 1.165) is 22.6 Å². The number of hydrogen-bond acceptors (Lipinski definition) is 4. The molecule has 6 nitrogen and oxygen atoms in total. The van der Waals surface area contributed by atoms with Gasteiger partial charge in [-0.2, -0.15) is 12.7 Å². The number of piperidine rings is 1. The summed E-state index contributed by atoms with van der Waals surface area (Å²) in [5, 5.41) is 8.12. The Balaban J connectivity index is 1.64. The van der Waals surface area contributed by atoms with Gasteiger partial charge in [0.05, 0.1) is 6.04 Å². The fourth-order valence-corrected chi connectivity index (χ4v) is 5.00. The number of carbonyl (C=O) groups excluding carboxylic acids is 1. The first-order valence-electron chi connectivity index (χ1n) is 7.85. The summed E-state index contributed by atoms with van der Waals surface area (Å²) in [5.41, 5.74) is 0.821. The highest BCUT2D eigenvalue weighted by Crippen LogP contribution is 2.36. The summed E-state index contributed by atoms with van der Waals surface area (Å²) in [5.74, 6) is 0.218. The summed E-state index contributed by atoms with van der Waals surface area (Å²) in [6.45, 7) is 0.505. The van der Waals surface area contributed by atoms with Gasteiger partial charge < -0.3 is 5.32 Å². The molecule has 1 amide bonds. The number of carbonyl (C=O) groups is 1. The second-order valence-electron chi connectivity index (χ2n) is 6.10. The molecule has 1 aromatic carbocycles. The lowest BCUT2D eigenvalue weighted by Gasteiger charge is -2.31. The van der Waals surface area contributed by atoms with Gasteiger partial charge in [-0.1, -0.05) is 0 Å². The van der Waals surface area contributed by atoms with Crippen LogP contribution >= 0.6 is 11.8 Å². The van der Waals surface area contributed by atoms with Crippen molar-refractivity contribution in [1.29, 1.82) is 0 Å². The standard InChI is InChI=1S/C15H20FN3O3S2/c16-11-1-2-14-12(9-11)13(5-8-23-14)18-15(20)10-3-6-19(7-4-10)24(17,21)22/h1-2,9-10,13H,3-8H2,(H,18,20)(H2,17,21,22). The van der Waals surface area contributed by atoms with Gasteiger partial charge in [0.15, 0.2) is 0 Å². The third-order valence-corrected chi connectivity index (χ3v) is 6.72. The topological polar surface area (TPSA) is 92.5 Å². The molecule has 1 fully saturated rings. The Kier molecular flexibility index (Phi) is 5.14. The second kappa shape index (κ2) is 6.99. The van der Waals surface area contributed by atoms with E-state index in [1.807, 2.05) is 0 Å². The quantitative estimate of drug-likeness (QED) is 0.838. The molecule has 1 aromatic rings. The van der Waals surface area contributed by atoms with E-state index in [0.29, 0.717) is 12.8 Å². The molecule has 0 saturated carbocycles. The van der Waals surface area contributed by atoms with Crippen molar-refractivity contribution < 1.29 is 17.6 Å². The van der Waals surface area contributed by atoms with Crippen LogP contribution in [0, 0.1) is 11.7 Å². The molecule has 1 saturated heterocycles. The highest BCUT2D eigenvalue weighted by molar-refractivity contribution is 7.99. The molecule has 0 aliphatic carbocycles. The average molecular weight is 373 g/mol. The minimum Gasteiger partial charge on any atom is -0.349 e. The van der Waals surface area contributed by atoms with Crippen LogP contribution in [-0.4, -0.2) is 37.5 Å². The Bertz CT molecular complexity index is 733.